The van der Waals surface area contributed by atoms with E-state index in [1.54, 1.807) is 0 Å². The fourth-order valence-electron chi connectivity index (χ4n) is 2.69. The third kappa shape index (κ3) is 3.92. The van der Waals surface area contributed by atoms with E-state index in [9.17, 15) is 14.9 Å². The number of hydrogen-bond acceptors (Lipinski definition) is 5. The number of carbonyl (C=O) groups is 2. The first-order chi connectivity index (χ1) is 12.2. The minimum Gasteiger partial charge on any atom is -0.308 e. The molecular formula is C18H16N4O2S. The summed E-state index contributed by atoms with van der Waals surface area (Å²) in [5.74, 6) is -1.71. The van der Waals surface area contributed by atoms with Gasteiger partial charge in [-0.25, -0.2) is 5.43 Å². The molecule has 0 unspecified atom stereocenters. The predicted octanol–water partition coefficient (Wildman–Crippen LogP) is 2.59. The number of aryl methyl sites for hydroxylation is 1. The standard InChI is InChI=1S/C18H16N4O2S/c19-10-14-13-8-4-5-9-15(13)25-18(14)21-16(23)17(24)22-20-11-12-6-2-1-3-7-12/h1-3,6-7,11H,4-5,8-9H2,(H,21,23)(H,22,24)/b20-11-. The van der Waals surface area contributed by atoms with Gasteiger partial charge in [0.25, 0.3) is 0 Å². The van der Waals surface area contributed by atoms with Crippen LogP contribution in [0.15, 0.2) is 35.4 Å². The highest BCUT2D eigenvalue weighted by atomic mass is 32.1. The first-order valence-corrected chi connectivity index (χ1v) is 8.74. The van der Waals surface area contributed by atoms with E-state index in [1.165, 1.54) is 17.6 Å². The van der Waals surface area contributed by atoms with E-state index in [1.807, 2.05) is 30.3 Å². The highest BCUT2D eigenvalue weighted by Crippen LogP contribution is 2.37. The smallest absolute Gasteiger partial charge is 0.308 e. The summed E-state index contributed by atoms with van der Waals surface area (Å²) in [7, 11) is 0. The summed E-state index contributed by atoms with van der Waals surface area (Å²) >= 11 is 1.38. The molecule has 126 valence electrons. The van der Waals surface area contributed by atoms with Gasteiger partial charge in [-0.15, -0.1) is 11.3 Å². The van der Waals surface area contributed by atoms with Gasteiger partial charge in [-0.3, -0.25) is 9.59 Å². The lowest BCUT2D eigenvalue weighted by Crippen LogP contribution is -2.32. The number of thiophene rings is 1. The highest BCUT2D eigenvalue weighted by molar-refractivity contribution is 7.16. The molecule has 0 aliphatic heterocycles. The van der Waals surface area contributed by atoms with E-state index in [2.05, 4.69) is 21.9 Å². The third-order valence-corrected chi connectivity index (χ3v) is 5.10. The lowest BCUT2D eigenvalue weighted by atomic mass is 9.96. The van der Waals surface area contributed by atoms with Gasteiger partial charge in [-0.1, -0.05) is 30.3 Å². The Bertz CT molecular complexity index is 865. The van der Waals surface area contributed by atoms with Crippen molar-refractivity contribution in [3.8, 4) is 6.07 Å². The van der Waals surface area contributed by atoms with Crippen LogP contribution in [0.5, 0.6) is 0 Å². The second-order valence-corrected chi connectivity index (χ2v) is 6.70. The molecule has 3 rings (SSSR count). The van der Waals surface area contributed by atoms with Gasteiger partial charge in [-0.05, 0) is 36.8 Å². The van der Waals surface area contributed by atoms with E-state index in [4.69, 9.17) is 0 Å². The SMILES string of the molecule is N#Cc1c(NC(=O)C(=O)N/N=C\c2ccccc2)sc2c1CCCC2. The summed E-state index contributed by atoms with van der Waals surface area (Å²) < 4.78 is 0. The lowest BCUT2D eigenvalue weighted by molar-refractivity contribution is -0.136. The van der Waals surface area contributed by atoms with Crippen LogP contribution in [-0.2, 0) is 22.4 Å². The van der Waals surface area contributed by atoms with Gasteiger partial charge >= 0.3 is 11.8 Å². The number of benzene rings is 1. The maximum Gasteiger partial charge on any atom is 0.329 e. The van der Waals surface area contributed by atoms with Crippen LogP contribution in [0.25, 0.3) is 0 Å². The first kappa shape index (κ1) is 16.9. The molecule has 0 saturated carbocycles. The van der Waals surface area contributed by atoms with Gasteiger partial charge in [0.2, 0.25) is 0 Å². The monoisotopic (exact) mass is 352 g/mol. The van der Waals surface area contributed by atoms with Crippen LogP contribution >= 0.6 is 11.3 Å². The lowest BCUT2D eigenvalue weighted by Gasteiger charge is -2.09. The Hall–Kier alpha value is -2.98. The summed E-state index contributed by atoms with van der Waals surface area (Å²) in [6.45, 7) is 0. The quantitative estimate of drug-likeness (QED) is 0.505. The molecule has 1 heterocycles. The highest BCUT2D eigenvalue weighted by Gasteiger charge is 2.23. The molecular weight excluding hydrogens is 336 g/mol. The molecule has 2 amide bonds. The molecule has 25 heavy (non-hydrogen) atoms. The second-order valence-electron chi connectivity index (χ2n) is 5.59. The molecule has 0 spiro atoms. The summed E-state index contributed by atoms with van der Waals surface area (Å²) in [5, 5.41) is 16.1. The van der Waals surface area contributed by atoms with Crippen LogP contribution in [0.2, 0.25) is 0 Å². The molecule has 0 atom stereocenters. The molecule has 0 fully saturated rings. The Kier molecular flexibility index (Phi) is 5.21. The van der Waals surface area contributed by atoms with Gasteiger partial charge in [0.05, 0.1) is 11.8 Å². The Balaban J connectivity index is 1.64. The fourth-order valence-corrected chi connectivity index (χ4v) is 3.92. The number of nitriles is 1. The van der Waals surface area contributed by atoms with Gasteiger partial charge in [0.15, 0.2) is 0 Å². The maximum atomic E-state index is 12.0. The molecule has 0 bridgehead atoms. The van der Waals surface area contributed by atoms with Crippen molar-refractivity contribution in [2.75, 3.05) is 5.32 Å². The minimum absolute atomic E-state index is 0.446. The second kappa shape index (κ2) is 7.73. The van der Waals surface area contributed by atoms with Gasteiger partial charge < -0.3 is 5.32 Å². The number of nitrogens with zero attached hydrogens (tertiary/aromatic N) is 2. The molecule has 1 aliphatic carbocycles. The molecule has 0 radical (unpaired) electrons. The van der Waals surface area contributed by atoms with E-state index < -0.39 is 11.8 Å². The summed E-state index contributed by atoms with van der Waals surface area (Å²) in [5.41, 5.74) is 4.49. The van der Waals surface area contributed by atoms with E-state index >= 15 is 0 Å². The number of fused-ring (bicyclic) bond motifs is 1. The zero-order chi connectivity index (χ0) is 17.6. The molecule has 1 aromatic heterocycles. The average molecular weight is 352 g/mol. The number of carbonyl (C=O) groups excluding carboxylic acids is 2. The number of hydrogen-bond donors (Lipinski definition) is 2. The number of hydrazone groups is 1. The number of nitrogens with one attached hydrogen (secondary N) is 2. The molecule has 2 N–H and O–H groups in total. The molecule has 2 aromatic rings. The van der Waals surface area contributed by atoms with Crippen molar-refractivity contribution >= 4 is 34.4 Å². The Labute approximate surface area is 149 Å². The van der Waals surface area contributed by atoms with E-state index in [0.717, 1.165) is 41.7 Å². The van der Waals surface area contributed by atoms with Crippen LogP contribution in [-0.4, -0.2) is 18.0 Å². The number of rotatable bonds is 3. The topological polar surface area (TPSA) is 94.4 Å². The Morgan fingerprint density at radius 1 is 1.16 bits per heavy atom. The zero-order valence-electron chi connectivity index (χ0n) is 13.4. The first-order valence-electron chi connectivity index (χ1n) is 7.93. The van der Waals surface area contributed by atoms with Crippen molar-refractivity contribution in [3.05, 3.63) is 51.9 Å². The van der Waals surface area contributed by atoms with Crippen molar-refractivity contribution in [2.45, 2.75) is 25.7 Å². The van der Waals surface area contributed by atoms with E-state index in [0.29, 0.717) is 10.6 Å². The van der Waals surface area contributed by atoms with Crippen molar-refractivity contribution in [3.63, 3.8) is 0 Å². The predicted molar refractivity (Wildman–Crippen MR) is 96.5 cm³/mol. The molecule has 1 aliphatic rings. The molecule has 1 aromatic carbocycles. The van der Waals surface area contributed by atoms with Gasteiger partial charge in [0.1, 0.15) is 11.1 Å². The van der Waals surface area contributed by atoms with Crippen molar-refractivity contribution in [1.29, 1.82) is 5.26 Å². The Morgan fingerprint density at radius 2 is 1.92 bits per heavy atom. The largest absolute Gasteiger partial charge is 0.329 e. The normalized spacial score (nSPS) is 13.1. The van der Waals surface area contributed by atoms with Crippen molar-refractivity contribution in [1.82, 2.24) is 5.43 Å². The number of amides is 2. The van der Waals surface area contributed by atoms with Gasteiger partial charge in [0, 0.05) is 4.88 Å². The number of anilines is 1. The average Bonchev–Trinajstić information content (AvgIpc) is 2.99. The summed E-state index contributed by atoms with van der Waals surface area (Å²) in [6, 6.07) is 11.4. The summed E-state index contributed by atoms with van der Waals surface area (Å²) in [4.78, 5) is 25.0. The third-order valence-electron chi connectivity index (χ3n) is 3.90. The fraction of sp³-hybridized carbons (Fsp3) is 0.222. The van der Waals surface area contributed by atoms with E-state index in [-0.39, 0.29) is 0 Å². The minimum atomic E-state index is -0.873. The van der Waals surface area contributed by atoms with Crippen LogP contribution in [0, 0.1) is 11.3 Å². The van der Waals surface area contributed by atoms with Crippen LogP contribution in [0.3, 0.4) is 0 Å². The maximum absolute atomic E-state index is 12.0. The summed E-state index contributed by atoms with van der Waals surface area (Å²) in [6.07, 6.45) is 5.34. The van der Waals surface area contributed by atoms with Gasteiger partial charge in [-0.2, -0.15) is 10.4 Å². The van der Waals surface area contributed by atoms with Crippen LogP contribution in [0.4, 0.5) is 5.00 Å². The zero-order valence-corrected chi connectivity index (χ0v) is 14.2. The molecule has 0 saturated heterocycles. The molecule has 7 heteroatoms. The Morgan fingerprint density at radius 3 is 2.68 bits per heavy atom. The van der Waals surface area contributed by atoms with Crippen molar-refractivity contribution in [2.24, 2.45) is 5.10 Å². The van der Waals surface area contributed by atoms with Crippen molar-refractivity contribution < 1.29 is 9.59 Å². The van der Waals surface area contributed by atoms with Crippen LogP contribution < -0.4 is 10.7 Å². The molecule has 6 nitrogen and oxygen atoms in total. The van der Waals surface area contributed by atoms with Crippen LogP contribution in [0.1, 0.15) is 34.4 Å².